The zero-order valence-corrected chi connectivity index (χ0v) is 12.5. The Bertz CT molecular complexity index is 523. The van der Waals surface area contributed by atoms with E-state index in [4.69, 9.17) is 16.3 Å². The predicted molar refractivity (Wildman–Crippen MR) is 70.6 cm³/mol. The summed E-state index contributed by atoms with van der Waals surface area (Å²) in [5, 5.41) is 0. The summed E-state index contributed by atoms with van der Waals surface area (Å²) in [6.45, 7) is 4.80. The Morgan fingerprint density at radius 2 is 2.33 bits per heavy atom. The van der Waals surface area contributed by atoms with Crippen LogP contribution in [-0.2, 0) is 14.8 Å². The highest BCUT2D eigenvalue weighted by Crippen LogP contribution is 2.27. The number of nitrogens with zero attached hydrogens (tertiary/aromatic N) is 1. The lowest BCUT2D eigenvalue weighted by Crippen LogP contribution is -2.38. The minimum Gasteiger partial charge on any atom is -0.381 e. The first-order valence-electron chi connectivity index (χ1n) is 5.63. The quantitative estimate of drug-likeness (QED) is 0.921. The van der Waals surface area contributed by atoms with Crippen LogP contribution in [0.15, 0.2) is 4.21 Å². The number of halogens is 1. The molecule has 1 fully saturated rings. The zero-order chi connectivity index (χ0) is 13.3. The van der Waals surface area contributed by atoms with Crippen LogP contribution in [0, 0.1) is 12.8 Å². The number of rotatable bonds is 4. The minimum absolute atomic E-state index is 0.155. The normalized spacial score (nSPS) is 22.3. The molecular formula is C10H15ClN2O3S2. The van der Waals surface area contributed by atoms with Gasteiger partial charge in [0, 0.05) is 18.6 Å². The first kappa shape index (κ1) is 14.2. The van der Waals surface area contributed by atoms with Crippen LogP contribution in [0.1, 0.15) is 19.0 Å². The Kier molecular flexibility index (Phi) is 4.28. The van der Waals surface area contributed by atoms with Crippen LogP contribution in [0.5, 0.6) is 0 Å². The number of hydrogen-bond acceptors (Lipinski definition) is 5. The number of thiazole rings is 1. The maximum absolute atomic E-state index is 12.2. The van der Waals surface area contributed by atoms with Crippen LogP contribution < -0.4 is 4.72 Å². The summed E-state index contributed by atoms with van der Waals surface area (Å²) < 4.78 is 32.8. The van der Waals surface area contributed by atoms with Gasteiger partial charge >= 0.3 is 0 Å². The van der Waals surface area contributed by atoms with Gasteiger partial charge in [-0.15, -0.1) is 0 Å². The van der Waals surface area contributed by atoms with Crippen LogP contribution in [-0.4, -0.2) is 32.7 Å². The second-order valence-corrected chi connectivity index (χ2v) is 7.86. The Balaban J connectivity index is 2.14. The molecule has 0 spiro atoms. The molecule has 1 aliphatic heterocycles. The molecule has 8 heteroatoms. The summed E-state index contributed by atoms with van der Waals surface area (Å²) in [6, 6.07) is -0.155. The molecule has 0 saturated carbocycles. The highest BCUT2D eigenvalue weighted by atomic mass is 35.5. The van der Waals surface area contributed by atoms with Gasteiger partial charge in [-0.05, 0) is 20.3 Å². The first-order chi connectivity index (χ1) is 8.40. The molecule has 0 amide bonds. The van der Waals surface area contributed by atoms with E-state index in [9.17, 15) is 8.42 Å². The molecule has 0 aromatic carbocycles. The molecule has 2 unspecified atom stereocenters. The topological polar surface area (TPSA) is 68.3 Å². The molecule has 1 aromatic heterocycles. The van der Waals surface area contributed by atoms with Gasteiger partial charge in [0.15, 0.2) is 8.68 Å². The third-order valence-electron chi connectivity index (χ3n) is 2.99. The van der Waals surface area contributed by atoms with E-state index in [-0.39, 0.29) is 20.6 Å². The van der Waals surface area contributed by atoms with E-state index in [0.29, 0.717) is 18.9 Å². The van der Waals surface area contributed by atoms with E-state index in [1.54, 1.807) is 6.92 Å². The molecule has 2 heterocycles. The van der Waals surface area contributed by atoms with Crippen LogP contribution >= 0.6 is 22.9 Å². The van der Waals surface area contributed by atoms with Crippen molar-refractivity contribution in [3.63, 3.8) is 0 Å². The van der Waals surface area contributed by atoms with Crippen molar-refractivity contribution in [3.8, 4) is 0 Å². The summed E-state index contributed by atoms with van der Waals surface area (Å²) in [5.74, 6) is 0.225. The number of sulfonamides is 1. The van der Waals surface area contributed by atoms with Gasteiger partial charge in [0.2, 0.25) is 0 Å². The molecule has 1 saturated heterocycles. The van der Waals surface area contributed by atoms with Gasteiger partial charge in [0.05, 0.1) is 12.3 Å². The number of nitrogens with one attached hydrogen (secondary N) is 1. The molecule has 2 atom stereocenters. The van der Waals surface area contributed by atoms with Crippen molar-refractivity contribution in [2.75, 3.05) is 13.2 Å². The second-order valence-electron chi connectivity index (χ2n) is 4.37. The Hall–Kier alpha value is -0.210. The fourth-order valence-electron chi connectivity index (χ4n) is 1.94. The summed E-state index contributed by atoms with van der Waals surface area (Å²) in [4.78, 5) is 3.92. The standard InChI is InChI=1S/C10H15ClN2O3S2/c1-6(8-3-4-16-5-8)13-18(14,15)9-7(2)12-10(11)17-9/h6,8,13H,3-5H2,1-2H3. The van der Waals surface area contributed by atoms with Crippen molar-refractivity contribution in [2.45, 2.75) is 30.5 Å². The summed E-state index contributed by atoms with van der Waals surface area (Å²) >= 11 is 6.71. The number of ether oxygens (including phenoxy) is 1. The Morgan fingerprint density at radius 3 is 2.83 bits per heavy atom. The van der Waals surface area contributed by atoms with Crippen LogP contribution in [0.4, 0.5) is 0 Å². The van der Waals surface area contributed by atoms with Gasteiger partial charge in [0.25, 0.3) is 10.0 Å². The van der Waals surface area contributed by atoms with Gasteiger partial charge in [-0.25, -0.2) is 18.1 Å². The van der Waals surface area contributed by atoms with Gasteiger partial charge in [0.1, 0.15) is 0 Å². The zero-order valence-electron chi connectivity index (χ0n) is 10.1. The fraction of sp³-hybridized carbons (Fsp3) is 0.700. The van der Waals surface area contributed by atoms with Gasteiger partial charge in [-0.2, -0.15) is 0 Å². The maximum atomic E-state index is 12.2. The lowest BCUT2D eigenvalue weighted by atomic mass is 10.0. The van der Waals surface area contributed by atoms with E-state index < -0.39 is 10.0 Å². The fourth-order valence-corrected chi connectivity index (χ4v) is 5.01. The molecule has 1 aromatic rings. The van der Waals surface area contributed by atoms with Crippen LogP contribution in [0.25, 0.3) is 0 Å². The van der Waals surface area contributed by atoms with Crippen LogP contribution in [0.2, 0.25) is 4.47 Å². The van der Waals surface area contributed by atoms with E-state index in [1.807, 2.05) is 6.92 Å². The van der Waals surface area contributed by atoms with Gasteiger partial charge in [-0.3, -0.25) is 0 Å². The van der Waals surface area contributed by atoms with Crippen molar-refractivity contribution in [1.29, 1.82) is 0 Å². The molecule has 18 heavy (non-hydrogen) atoms. The van der Waals surface area contributed by atoms with Crippen molar-refractivity contribution in [3.05, 3.63) is 10.2 Å². The highest BCUT2D eigenvalue weighted by molar-refractivity contribution is 7.91. The lowest BCUT2D eigenvalue weighted by Gasteiger charge is -2.18. The summed E-state index contributed by atoms with van der Waals surface area (Å²) in [5.41, 5.74) is 0.437. The van der Waals surface area contributed by atoms with Crippen molar-refractivity contribution < 1.29 is 13.2 Å². The molecular weight excluding hydrogens is 296 g/mol. The lowest BCUT2D eigenvalue weighted by molar-refractivity contribution is 0.180. The largest absolute Gasteiger partial charge is 0.381 e. The SMILES string of the molecule is Cc1nc(Cl)sc1S(=O)(=O)NC(C)C1CCOC1. The smallest absolute Gasteiger partial charge is 0.252 e. The van der Waals surface area contributed by atoms with E-state index >= 15 is 0 Å². The van der Waals surface area contributed by atoms with Crippen molar-refractivity contribution in [1.82, 2.24) is 9.71 Å². The van der Waals surface area contributed by atoms with Gasteiger partial charge in [-0.1, -0.05) is 22.9 Å². The number of aryl methyl sites for hydroxylation is 1. The minimum atomic E-state index is -3.54. The highest BCUT2D eigenvalue weighted by Gasteiger charge is 2.29. The maximum Gasteiger partial charge on any atom is 0.252 e. The molecule has 0 radical (unpaired) electrons. The van der Waals surface area contributed by atoms with E-state index in [2.05, 4.69) is 9.71 Å². The first-order valence-corrected chi connectivity index (χ1v) is 8.31. The third kappa shape index (κ3) is 3.03. The second kappa shape index (κ2) is 5.42. The molecule has 1 N–H and O–H groups in total. The molecule has 0 bridgehead atoms. The third-order valence-corrected chi connectivity index (χ3v) is 6.42. The average Bonchev–Trinajstić information content (AvgIpc) is 2.86. The summed E-state index contributed by atoms with van der Waals surface area (Å²) in [7, 11) is -3.54. The average molecular weight is 311 g/mol. The monoisotopic (exact) mass is 310 g/mol. The molecule has 1 aliphatic rings. The van der Waals surface area contributed by atoms with Crippen LogP contribution in [0.3, 0.4) is 0 Å². The number of hydrogen-bond donors (Lipinski definition) is 1. The number of aromatic nitrogens is 1. The molecule has 0 aliphatic carbocycles. The predicted octanol–water partition coefficient (Wildman–Crippen LogP) is 1.81. The molecule has 5 nitrogen and oxygen atoms in total. The molecule has 102 valence electrons. The van der Waals surface area contributed by atoms with Crippen molar-refractivity contribution in [2.24, 2.45) is 5.92 Å². The van der Waals surface area contributed by atoms with E-state index in [0.717, 1.165) is 17.8 Å². The van der Waals surface area contributed by atoms with E-state index in [1.165, 1.54) is 0 Å². The summed E-state index contributed by atoms with van der Waals surface area (Å²) in [6.07, 6.45) is 0.881. The Labute approximate surface area is 116 Å². The van der Waals surface area contributed by atoms with Gasteiger partial charge < -0.3 is 4.74 Å². The molecule has 2 rings (SSSR count). The Morgan fingerprint density at radius 1 is 1.61 bits per heavy atom. The van der Waals surface area contributed by atoms with Crippen molar-refractivity contribution >= 4 is 33.0 Å².